The molecule has 3 nitrogen and oxygen atoms in total. The first-order chi connectivity index (χ1) is 9.58. The molecule has 0 aliphatic carbocycles. The molecule has 106 valence electrons. The number of hydrogen-bond acceptors (Lipinski definition) is 3. The molecular formula is C15H15BrFNO2. The SMILES string of the molecule is CCCOc1cc(N)cc(Oc2ccc(Br)cc2F)c1. The van der Waals surface area contributed by atoms with Crippen LogP contribution in [0.1, 0.15) is 13.3 Å². The van der Waals surface area contributed by atoms with E-state index < -0.39 is 5.82 Å². The molecule has 0 atom stereocenters. The highest BCUT2D eigenvalue weighted by Crippen LogP contribution is 2.31. The van der Waals surface area contributed by atoms with Crippen LogP contribution in [0.3, 0.4) is 0 Å². The Kier molecular flexibility index (Phi) is 4.84. The predicted octanol–water partition coefficient (Wildman–Crippen LogP) is 4.75. The summed E-state index contributed by atoms with van der Waals surface area (Å²) in [6.45, 7) is 2.61. The molecular weight excluding hydrogens is 325 g/mol. The van der Waals surface area contributed by atoms with Crippen LogP contribution in [-0.2, 0) is 0 Å². The van der Waals surface area contributed by atoms with E-state index in [1.807, 2.05) is 6.92 Å². The van der Waals surface area contributed by atoms with Crippen molar-refractivity contribution in [3.05, 3.63) is 46.7 Å². The van der Waals surface area contributed by atoms with Crippen LogP contribution in [0.25, 0.3) is 0 Å². The van der Waals surface area contributed by atoms with E-state index in [-0.39, 0.29) is 5.75 Å². The van der Waals surface area contributed by atoms with Crippen LogP contribution >= 0.6 is 15.9 Å². The van der Waals surface area contributed by atoms with E-state index in [4.69, 9.17) is 15.2 Å². The lowest BCUT2D eigenvalue weighted by molar-refractivity contribution is 0.316. The quantitative estimate of drug-likeness (QED) is 0.799. The fraction of sp³-hybridized carbons (Fsp3) is 0.200. The number of nitrogens with two attached hydrogens (primary N) is 1. The van der Waals surface area contributed by atoms with E-state index in [0.717, 1.165) is 6.42 Å². The minimum Gasteiger partial charge on any atom is -0.493 e. The van der Waals surface area contributed by atoms with Crippen LogP contribution in [0, 0.1) is 5.82 Å². The third-order valence-corrected chi connectivity index (χ3v) is 2.99. The molecule has 0 amide bonds. The van der Waals surface area contributed by atoms with Crippen LogP contribution in [0.5, 0.6) is 17.2 Å². The fourth-order valence-corrected chi connectivity index (χ4v) is 1.97. The molecule has 0 saturated carbocycles. The Morgan fingerprint density at radius 2 is 1.90 bits per heavy atom. The summed E-state index contributed by atoms with van der Waals surface area (Å²) in [5, 5.41) is 0. The highest BCUT2D eigenvalue weighted by molar-refractivity contribution is 9.10. The molecule has 20 heavy (non-hydrogen) atoms. The van der Waals surface area contributed by atoms with Gasteiger partial charge in [-0.05, 0) is 24.6 Å². The average Bonchev–Trinajstić information content (AvgIpc) is 2.39. The molecule has 2 N–H and O–H groups in total. The molecule has 0 saturated heterocycles. The number of rotatable bonds is 5. The molecule has 0 fully saturated rings. The highest BCUT2D eigenvalue weighted by atomic mass is 79.9. The second-order valence-corrected chi connectivity index (χ2v) is 5.18. The van der Waals surface area contributed by atoms with Gasteiger partial charge in [-0.3, -0.25) is 0 Å². The van der Waals surface area contributed by atoms with Crippen molar-refractivity contribution in [1.29, 1.82) is 0 Å². The normalized spacial score (nSPS) is 10.3. The number of anilines is 1. The molecule has 5 heteroatoms. The summed E-state index contributed by atoms with van der Waals surface area (Å²) < 4.78 is 25.4. The van der Waals surface area contributed by atoms with Gasteiger partial charge >= 0.3 is 0 Å². The van der Waals surface area contributed by atoms with Gasteiger partial charge in [0.1, 0.15) is 11.5 Å². The zero-order valence-electron chi connectivity index (χ0n) is 11.0. The maximum absolute atomic E-state index is 13.7. The van der Waals surface area contributed by atoms with Gasteiger partial charge in [0.25, 0.3) is 0 Å². The fourth-order valence-electron chi connectivity index (χ4n) is 1.64. The van der Waals surface area contributed by atoms with E-state index in [1.165, 1.54) is 6.07 Å². The van der Waals surface area contributed by atoms with Crippen molar-refractivity contribution in [2.75, 3.05) is 12.3 Å². The summed E-state index contributed by atoms with van der Waals surface area (Å²) in [5.41, 5.74) is 6.29. The van der Waals surface area contributed by atoms with E-state index >= 15 is 0 Å². The number of nitrogen functional groups attached to an aromatic ring is 1. The number of ether oxygens (including phenoxy) is 2. The predicted molar refractivity (Wildman–Crippen MR) is 80.8 cm³/mol. The lowest BCUT2D eigenvalue weighted by Crippen LogP contribution is -1.97. The van der Waals surface area contributed by atoms with Crippen molar-refractivity contribution >= 4 is 21.6 Å². The van der Waals surface area contributed by atoms with Crippen molar-refractivity contribution in [2.45, 2.75) is 13.3 Å². The molecule has 2 aromatic carbocycles. The summed E-state index contributed by atoms with van der Waals surface area (Å²) in [4.78, 5) is 0. The van der Waals surface area contributed by atoms with Crippen molar-refractivity contribution < 1.29 is 13.9 Å². The van der Waals surface area contributed by atoms with Gasteiger partial charge in [0.2, 0.25) is 0 Å². The van der Waals surface area contributed by atoms with Crippen LogP contribution in [0.2, 0.25) is 0 Å². The van der Waals surface area contributed by atoms with Gasteiger partial charge in [-0.2, -0.15) is 0 Å². The van der Waals surface area contributed by atoms with Crippen LogP contribution in [-0.4, -0.2) is 6.61 Å². The lowest BCUT2D eigenvalue weighted by Gasteiger charge is -2.11. The standard InChI is InChI=1S/C15H15BrFNO2/c1-2-5-19-12-7-11(18)8-13(9-12)20-15-4-3-10(16)6-14(15)17/h3-4,6-9H,2,5,18H2,1H3. The van der Waals surface area contributed by atoms with Gasteiger partial charge in [0.05, 0.1) is 6.61 Å². The Hall–Kier alpha value is -1.75. The lowest BCUT2D eigenvalue weighted by atomic mass is 10.2. The van der Waals surface area contributed by atoms with E-state index in [2.05, 4.69) is 15.9 Å². The summed E-state index contributed by atoms with van der Waals surface area (Å²) in [7, 11) is 0. The van der Waals surface area contributed by atoms with Gasteiger partial charge in [0, 0.05) is 28.4 Å². The Morgan fingerprint density at radius 1 is 1.15 bits per heavy atom. The number of hydrogen-bond donors (Lipinski definition) is 1. The second kappa shape index (κ2) is 6.61. The largest absolute Gasteiger partial charge is 0.493 e. The first-order valence-electron chi connectivity index (χ1n) is 6.24. The summed E-state index contributed by atoms with van der Waals surface area (Å²) in [5.74, 6) is 0.745. The van der Waals surface area contributed by atoms with E-state index in [1.54, 1.807) is 30.3 Å². The summed E-state index contributed by atoms with van der Waals surface area (Å²) >= 11 is 3.20. The Balaban J connectivity index is 2.21. The second-order valence-electron chi connectivity index (χ2n) is 4.26. The molecule has 0 aromatic heterocycles. The molecule has 2 aromatic rings. The number of benzene rings is 2. The Morgan fingerprint density at radius 3 is 2.60 bits per heavy atom. The average molecular weight is 340 g/mol. The van der Waals surface area contributed by atoms with Gasteiger partial charge in [-0.1, -0.05) is 22.9 Å². The Bertz CT molecular complexity index is 604. The maximum Gasteiger partial charge on any atom is 0.166 e. The minimum absolute atomic E-state index is 0.139. The maximum atomic E-state index is 13.7. The molecule has 0 aliphatic heterocycles. The van der Waals surface area contributed by atoms with Crippen LogP contribution in [0.4, 0.5) is 10.1 Å². The van der Waals surface area contributed by atoms with E-state index in [9.17, 15) is 4.39 Å². The zero-order chi connectivity index (χ0) is 14.5. The molecule has 0 radical (unpaired) electrons. The van der Waals surface area contributed by atoms with Crippen LogP contribution in [0.15, 0.2) is 40.9 Å². The van der Waals surface area contributed by atoms with Crippen molar-refractivity contribution in [2.24, 2.45) is 0 Å². The van der Waals surface area contributed by atoms with Gasteiger partial charge in [0.15, 0.2) is 11.6 Å². The van der Waals surface area contributed by atoms with Crippen molar-refractivity contribution in [3.8, 4) is 17.2 Å². The van der Waals surface area contributed by atoms with Crippen molar-refractivity contribution in [1.82, 2.24) is 0 Å². The first-order valence-corrected chi connectivity index (χ1v) is 7.04. The zero-order valence-corrected chi connectivity index (χ0v) is 12.6. The van der Waals surface area contributed by atoms with Gasteiger partial charge in [-0.25, -0.2) is 4.39 Å². The molecule has 0 unspecified atom stereocenters. The van der Waals surface area contributed by atoms with Crippen molar-refractivity contribution in [3.63, 3.8) is 0 Å². The van der Waals surface area contributed by atoms with Gasteiger partial charge < -0.3 is 15.2 Å². The highest BCUT2D eigenvalue weighted by Gasteiger charge is 2.07. The third-order valence-electron chi connectivity index (χ3n) is 2.50. The van der Waals surface area contributed by atoms with E-state index in [0.29, 0.717) is 28.3 Å². The van der Waals surface area contributed by atoms with Crippen LogP contribution < -0.4 is 15.2 Å². The summed E-state index contributed by atoms with van der Waals surface area (Å²) in [6.07, 6.45) is 0.895. The third kappa shape index (κ3) is 3.87. The molecule has 0 heterocycles. The molecule has 0 bridgehead atoms. The molecule has 0 aliphatic rings. The first kappa shape index (κ1) is 14.7. The Labute approximate surface area is 125 Å². The number of halogens is 2. The smallest absolute Gasteiger partial charge is 0.166 e. The minimum atomic E-state index is -0.446. The molecule has 0 spiro atoms. The van der Waals surface area contributed by atoms with Gasteiger partial charge in [-0.15, -0.1) is 0 Å². The topological polar surface area (TPSA) is 44.5 Å². The molecule has 2 rings (SSSR count). The summed E-state index contributed by atoms with van der Waals surface area (Å²) in [6, 6.07) is 9.62. The monoisotopic (exact) mass is 339 g/mol.